The molecule has 1 aromatic carbocycles. The summed E-state index contributed by atoms with van der Waals surface area (Å²) in [6.45, 7) is 10.2. The van der Waals surface area contributed by atoms with Gasteiger partial charge in [0.1, 0.15) is 0 Å². The van der Waals surface area contributed by atoms with E-state index >= 15 is 0 Å². The van der Waals surface area contributed by atoms with Gasteiger partial charge in [-0.3, -0.25) is 0 Å². The highest BCUT2D eigenvalue weighted by Gasteiger charge is 2.03. The van der Waals surface area contributed by atoms with Gasteiger partial charge in [0.15, 0.2) is 0 Å². The molecule has 0 amide bonds. The van der Waals surface area contributed by atoms with Crippen LogP contribution in [0.25, 0.3) is 10.9 Å². The third-order valence-corrected chi connectivity index (χ3v) is 3.86. The highest BCUT2D eigenvalue weighted by molar-refractivity contribution is 5.80. The van der Waals surface area contributed by atoms with Gasteiger partial charge in [0.05, 0.1) is 0 Å². The Balaban J connectivity index is 1.99. The lowest BCUT2D eigenvalue weighted by atomic mass is 10.1. The van der Waals surface area contributed by atoms with Crippen LogP contribution in [0.5, 0.6) is 0 Å². The molecular formula is C19H28N2. The first-order valence-corrected chi connectivity index (χ1v) is 8.13. The number of unbranched alkanes of at least 4 members (excludes halogenated alkanes) is 3. The van der Waals surface area contributed by atoms with Crippen molar-refractivity contribution < 1.29 is 0 Å². The summed E-state index contributed by atoms with van der Waals surface area (Å²) in [7, 11) is 0. The molecule has 2 nitrogen and oxygen atoms in total. The normalized spacial score (nSPS) is 11.4. The van der Waals surface area contributed by atoms with Crippen LogP contribution < -0.4 is 5.32 Å². The van der Waals surface area contributed by atoms with Gasteiger partial charge in [-0.1, -0.05) is 38.5 Å². The van der Waals surface area contributed by atoms with Crippen molar-refractivity contribution in [2.24, 2.45) is 0 Å². The first-order chi connectivity index (χ1) is 10.2. The van der Waals surface area contributed by atoms with Crippen LogP contribution in [-0.2, 0) is 13.1 Å². The molecule has 1 aromatic heterocycles. The van der Waals surface area contributed by atoms with E-state index in [1.165, 1.54) is 35.7 Å². The van der Waals surface area contributed by atoms with Gasteiger partial charge >= 0.3 is 0 Å². The van der Waals surface area contributed by atoms with Crippen molar-refractivity contribution in [3.8, 4) is 0 Å². The number of benzene rings is 1. The van der Waals surface area contributed by atoms with Crippen molar-refractivity contribution in [3.63, 3.8) is 0 Å². The van der Waals surface area contributed by atoms with E-state index in [-0.39, 0.29) is 0 Å². The van der Waals surface area contributed by atoms with Gasteiger partial charge in [-0.25, -0.2) is 0 Å². The van der Waals surface area contributed by atoms with Crippen molar-refractivity contribution >= 4 is 10.9 Å². The molecular weight excluding hydrogens is 256 g/mol. The van der Waals surface area contributed by atoms with Crippen LogP contribution in [0.2, 0.25) is 0 Å². The topological polar surface area (TPSA) is 17.0 Å². The largest absolute Gasteiger partial charge is 0.347 e. The number of allylic oxidation sites excluding steroid dienone is 1. The van der Waals surface area contributed by atoms with Gasteiger partial charge < -0.3 is 9.88 Å². The highest BCUT2D eigenvalue weighted by Crippen LogP contribution is 2.19. The standard InChI is InChI=1S/C19H28N2/c1-4-5-6-7-8-12-21-13-11-18-10-9-17(14-19(18)21)15-20-16(2)3/h4,9-11,13-14,16,20H,1,5-8,12,15H2,2-3H3. The zero-order valence-electron chi connectivity index (χ0n) is 13.4. The third-order valence-electron chi connectivity index (χ3n) is 3.86. The molecule has 0 radical (unpaired) electrons. The first kappa shape index (κ1) is 15.8. The Morgan fingerprint density at radius 1 is 1.19 bits per heavy atom. The molecule has 1 N–H and O–H groups in total. The Morgan fingerprint density at radius 3 is 2.81 bits per heavy atom. The number of aryl methyl sites for hydroxylation is 1. The predicted octanol–water partition coefficient (Wildman–Crippen LogP) is 4.89. The number of rotatable bonds is 9. The molecule has 0 aliphatic rings. The zero-order chi connectivity index (χ0) is 15.1. The van der Waals surface area contributed by atoms with Crippen molar-refractivity contribution in [1.82, 2.24) is 9.88 Å². The zero-order valence-corrected chi connectivity index (χ0v) is 13.4. The van der Waals surface area contributed by atoms with E-state index < -0.39 is 0 Å². The molecule has 0 saturated heterocycles. The Morgan fingerprint density at radius 2 is 2.05 bits per heavy atom. The van der Waals surface area contributed by atoms with Gasteiger partial charge in [-0.05, 0) is 42.3 Å². The number of hydrogen-bond donors (Lipinski definition) is 1. The number of fused-ring (bicyclic) bond motifs is 1. The highest BCUT2D eigenvalue weighted by atomic mass is 14.9. The minimum absolute atomic E-state index is 0.525. The van der Waals surface area contributed by atoms with Crippen LogP contribution in [-0.4, -0.2) is 10.6 Å². The lowest BCUT2D eigenvalue weighted by Crippen LogP contribution is -2.21. The predicted molar refractivity (Wildman–Crippen MR) is 92.6 cm³/mol. The van der Waals surface area contributed by atoms with Crippen LogP contribution >= 0.6 is 0 Å². The van der Waals surface area contributed by atoms with E-state index in [0.29, 0.717) is 6.04 Å². The first-order valence-electron chi connectivity index (χ1n) is 8.13. The number of aromatic nitrogens is 1. The van der Waals surface area contributed by atoms with E-state index in [9.17, 15) is 0 Å². The summed E-state index contributed by atoms with van der Waals surface area (Å²) in [6, 6.07) is 9.54. The maximum atomic E-state index is 3.78. The Labute approximate surface area is 128 Å². The Kier molecular flexibility index (Phi) is 6.06. The summed E-state index contributed by atoms with van der Waals surface area (Å²) in [5.74, 6) is 0. The molecule has 0 bridgehead atoms. The van der Waals surface area contributed by atoms with E-state index in [4.69, 9.17) is 0 Å². The minimum atomic E-state index is 0.525. The maximum Gasteiger partial charge on any atom is 0.0483 e. The fourth-order valence-electron chi connectivity index (χ4n) is 2.60. The number of nitrogens with one attached hydrogen (secondary N) is 1. The molecule has 2 aromatic rings. The van der Waals surface area contributed by atoms with Crippen LogP contribution in [0.4, 0.5) is 0 Å². The van der Waals surface area contributed by atoms with Crippen LogP contribution in [0.1, 0.15) is 45.1 Å². The second-order valence-corrected chi connectivity index (χ2v) is 6.08. The summed E-state index contributed by atoms with van der Waals surface area (Å²) in [5.41, 5.74) is 2.73. The molecule has 0 unspecified atom stereocenters. The fourth-order valence-corrected chi connectivity index (χ4v) is 2.60. The average Bonchev–Trinajstić information content (AvgIpc) is 2.87. The van der Waals surface area contributed by atoms with E-state index in [0.717, 1.165) is 19.5 Å². The Bertz CT molecular complexity index is 566. The van der Waals surface area contributed by atoms with Gasteiger partial charge in [-0.15, -0.1) is 6.58 Å². The minimum Gasteiger partial charge on any atom is -0.347 e. The molecule has 0 aliphatic carbocycles. The van der Waals surface area contributed by atoms with Crippen LogP contribution in [0, 0.1) is 0 Å². The second kappa shape index (κ2) is 8.04. The second-order valence-electron chi connectivity index (χ2n) is 6.08. The lowest BCUT2D eigenvalue weighted by molar-refractivity contribution is 0.588. The smallest absolute Gasteiger partial charge is 0.0483 e. The summed E-state index contributed by atoms with van der Waals surface area (Å²) in [6.07, 6.45) is 9.15. The molecule has 0 aliphatic heterocycles. The van der Waals surface area contributed by atoms with Gasteiger partial charge in [0, 0.05) is 30.8 Å². The molecule has 21 heavy (non-hydrogen) atoms. The van der Waals surface area contributed by atoms with Gasteiger partial charge in [0.25, 0.3) is 0 Å². The van der Waals surface area contributed by atoms with E-state index in [2.05, 4.69) is 60.8 Å². The third kappa shape index (κ3) is 4.75. The summed E-state index contributed by atoms with van der Waals surface area (Å²) in [5, 5.41) is 4.83. The molecule has 0 spiro atoms. The molecule has 114 valence electrons. The summed E-state index contributed by atoms with van der Waals surface area (Å²) >= 11 is 0. The monoisotopic (exact) mass is 284 g/mol. The van der Waals surface area contributed by atoms with Gasteiger partial charge in [-0.2, -0.15) is 0 Å². The maximum absolute atomic E-state index is 3.78. The molecule has 0 atom stereocenters. The van der Waals surface area contributed by atoms with Crippen molar-refractivity contribution in [2.45, 2.75) is 58.7 Å². The SMILES string of the molecule is C=CCCCCCn1ccc2ccc(CNC(C)C)cc21. The Hall–Kier alpha value is -1.54. The van der Waals surface area contributed by atoms with Crippen molar-refractivity contribution in [1.29, 1.82) is 0 Å². The fraction of sp³-hybridized carbons (Fsp3) is 0.474. The summed E-state index contributed by atoms with van der Waals surface area (Å²) in [4.78, 5) is 0. The van der Waals surface area contributed by atoms with Crippen LogP contribution in [0.15, 0.2) is 43.1 Å². The van der Waals surface area contributed by atoms with Crippen molar-refractivity contribution in [2.75, 3.05) is 0 Å². The quantitative estimate of drug-likeness (QED) is 0.512. The number of nitrogens with zero attached hydrogens (tertiary/aromatic N) is 1. The van der Waals surface area contributed by atoms with Crippen LogP contribution in [0.3, 0.4) is 0 Å². The molecule has 2 rings (SSSR count). The lowest BCUT2D eigenvalue weighted by Gasteiger charge is -2.10. The summed E-state index contributed by atoms with van der Waals surface area (Å²) < 4.78 is 2.39. The molecule has 0 fully saturated rings. The van der Waals surface area contributed by atoms with E-state index in [1.807, 2.05) is 6.08 Å². The molecule has 0 saturated carbocycles. The van der Waals surface area contributed by atoms with Crippen molar-refractivity contribution in [3.05, 3.63) is 48.7 Å². The van der Waals surface area contributed by atoms with E-state index in [1.54, 1.807) is 0 Å². The molecule has 2 heteroatoms. The average molecular weight is 284 g/mol. The number of hydrogen-bond acceptors (Lipinski definition) is 1. The molecule has 1 heterocycles. The van der Waals surface area contributed by atoms with Gasteiger partial charge in [0.2, 0.25) is 0 Å².